The van der Waals surface area contributed by atoms with Gasteiger partial charge in [-0.25, -0.2) is 9.59 Å². The van der Waals surface area contributed by atoms with Gasteiger partial charge in [-0.2, -0.15) is 0 Å². The molecule has 2 N–H and O–H groups in total. The highest BCUT2D eigenvalue weighted by atomic mass is 16.5. The Bertz CT molecular complexity index is 1080. The number of carboxylic acid groups (broad SMARTS) is 1. The summed E-state index contributed by atoms with van der Waals surface area (Å²) in [7, 11) is 3.98. The van der Waals surface area contributed by atoms with E-state index in [1.807, 2.05) is 62.6 Å². The van der Waals surface area contributed by atoms with Crippen molar-refractivity contribution in [2.45, 2.75) is 18.4 Å². The van der Waals surface area contributed by atoms with Gasteiger partial charge in [0.15, 0.2) is 0 Å². The number of hydrogen-bond acceptors (Lipinski definition) is 4. The number of alkyl carbamates (subject to hydrolysis) is 1. The SMILES string of the molecule is C[N+]1(C)CC[C@](CN=[N+]=[N-])([C@@H](NC(=O)OCC2c3ccccc3-c3ccccc32)C(=O)O)C1. The number of azide groups is 1. The minimum atomic E-state index is -1.22. The molecule has 9 heteroatoms. The second kappa shape index (κ2) is 8.77. The molecule has 2 aromatic carbocycles. The molecular weight excluding hydrogens is 422 g/mol. The van der Waals surface area contributed by atoms with Crippen molar-refractivity contribution in [3.8, 4) is 11.1 Å². The summed E-state index contributed by atoms with van der Waals surface area (Å²) in [5, 5.41) is 16.2. The summed E-state index contributed by atoms with van der Waals surface area (Å²) < 4.78 is 6.14. The summed E-state index contributed by atoms with van der Waals surface area (Å²) in [5.74, 6) is -1.29. The van der Waals surface area contributed by atoms with Crippen LogP contribution in [0.3, 0.4) is 0 Å². The second-order valence-corrected chi connectivity index (χ2v) is 9.56. The van der Waals surface area contributed by atoms with Crippen LogP contribution in [-0.2, 0) is 9.53 Å². The molecule has 0 aromatic heterocycles. The highest BCUT2D eigenvalue weighted by Crippen LogP contribution is 2.44. The molecule has 2 atom stereocenters. The van der Waals surface area contributed by atoms with E-state index in [0.717, 1.165) is 28.8 Å². The molecule has 1 saturated heterocycles. The maximum absolute atomic E-state index is 12.8. The van der Waals surface area contributed by atoms with Crippen molar-refractivity contribution >= 4 is 12.1 Å². The van der Waals surface area contributed by atoms with Gasteiger partial charge in [-0.05, 0) is 27.8 Å². The lowest BCUT2D eigenvalue weighted by Gasteiger charge is -2.34. The van der Waals surface area contributed by atoms with Gasteiger partial charge >= 0.3 is 12.1 Å². The Labute approximate surface area is 192 Å². The highest BCUT2D eigenvalue weighted by Gasteiger charge is 2.53. The molecule has 1 amide bonds. The number of carbonyl (C=O) groups excluding carboxylic acids is 1. The predicted molar refractivity (Wildman–Crippen MR) is 123 cm³/mol. The normalized spacial score (nSPS) is 21.4. The molecule has 0 bridgehead atoms. The second-order valence-electron chi connectivity index (χ2n) is 9.56. The van der Waals surface area contributed by atoms with E-state index in [4.69, 9.17) is 10.3 Å². The molecule has 1 aliphatic heterocycles. The molecule has 0 spiro atoms. The van der Waals surface area contributed by atoms with Crippen LogP contribution in [0.25, 0.3) is 21.6 Å². The molecule has 4 rings (SSSR count). The number of aliphatic carboxylic acids is 1. The number of amides is 1. The van der Waals surface area contributed by atoms with Gasteiger partial charge in [0.25, 0.3) is 0 Å². The topological polar surface area (TPSA) is 124 Å². The number of nitrogens with one attached hydrogen (secondary N) is 1. The lowest BCUT2D eigenvalue weighted by molar-refractivity contribution is -0.880. The van der Waals surface area contributed by atoms with Crippen molar-refractivity contribution in [1.29, 1.82) is 0 Å². The van der Waals surface area contributed by atoms with Crippen LogP contribution >= 0.6 is 0 Å². The molecule has 0 radical (unpaired) electrons. The van der Waals surface area contributed by atoms with Gasteiger partial charge in [-0.3, -0.25) is 0 Å². The van der Waals surface area contributed by atoms with Crippen LogP contribution in [0.1, 0.15) is 23.5 Å². The van der Waals surface area contributed by atoms with Crippen LogP contribution in [0.4, 0.5) is 4.79 Å². The molecule has 0 saturated carbocycles. The van der Waals surface area contributed by atoms with E-state index in [-0.39, 0.29) is 19.1 Å². The lowest BCUT2D eigenvalue weighted by atomic mass is 9.79. The molecule has 1 aliphatic carbocycles. The molecule has 1 heterocycles. The van der Waals surface area contributed by atoms with Crippen molar-refractivity contribution < 1.29 is 23.9 Å². The number of ether oxygens (including phenoxy) is 1. The first-order chi connectivity index (χ1) is 15.8. The molecule has 2 aromatic rings. The van der Waals surface area contributed by atoms with Crippen LogP contribution in [0, 0.1) is 5.41 Å². The van der Waals surface area contributed by atoms with Crippen molar-refractivity contribution in [1.82, 2.24) is 5.32 Å². The molecule has 1 fully saturated rings. The van der Waals surface area contributed by atoms with E-state index >= 15 is 0 Å². The summed E-state index contributed by atoms with van der Waals surface area (Å²) in [5.41, 5.74) is 12.3. The van der Waals surface area contributed by atoms with Crippen molar-refractivity contribution in [3.05, 3.63) is 70.1 Å². The van der Waals surface area contributed by atoms with Crippen LogP contribution in [0.15, 0.2) is 53.6 Å². The zero-order valence-electron chi connectivity index (χ0n) is 18.8. The maximum atomic E-state index is 12.8. The van der Waals surface area contributed by atoms with Crippen LogP contribution in [0.2, 0.25) is 0 Å². The number of hydrogen-bond donors (Lipinski definition) is 2. The van der Waals surface area contributed by atoms with E-state index in [1.165, 1.54) is 0 Å². The standard InChI is InChI=1S/C24H27N5O4/c1-29(2)12-11-24(15-29,14-26-28-25)21(22(30)31)27-23(32)33-13-20-18-9-5-3-7-16(18)17-8-4-6-10-19(17)20/h3-10,20-21H,11-15H2,1-2H3,(H-,27,30,31,32)/p+1/t21-,24+/m0/s1. The fourth-order valence-electron chi connectivity index (χ4n) is 5.40. The number of quaternary nitrogens is 1. The zero-order valence-corrected chi connectivity index (χ0v) is 18.8. The van der Waals surface area contributed by atoms with Crippen LogP contribution < -0.4 is 5.32 Å². The minimum absolute atomic E-state index is 0.00813. The lowest BCUT2D eigenvalue weighted by Crippen LogP contribution is -2.56. The average molecular weight is 451 g/mol. The van der Waals surface area contributed by atoms with E-state index in [1.54, 1.807) is 0 Å². The molecule has 9 nitrogen and oxygen atoms in total. The molecule has 33 heavy (non-hydrogen) atoms. The predicted octanol–water partition coefficient (Wildman–Crippen LogP) is 3.76. The molecule has 2 aliphatic rings. The number of nitrogens with zero attached hydrogens (tertiary/aromatic N) is 4. The van der Waals surface area contributed by atoms with Crippen LogP contribution in [0.5, 0.6) is 0 Å². The van der Waals surface area contributed by atoms with E-state index in [2.05, 4.69) is 15.3 Å². The van der Waals surface area contributed by atoms with Gasteiger partial charge in [0.2, 0.25) is 0 Å². The first-order valence-electron chi connectivity index (χ1n) is 10.9. The molecular formula is C24H28N5O4+. The summed E-state index contributed by atoms with van der Waals surface area (Å²) in [4.78, 5) is 27.8. The van der Waals surface area contributed by atoms with Gasteiger partial charge in [0.1, 0.15) is 12.6 Å². The minimum Gasteiger partial charge on any atom is -0.480 e. The number of carboxylic acids is 1. The first-order valence-corrected chi connectivity index (χ1v) is 10.9. The maximum Gasteiger partial charge on any atom is 0.407 e. The van der Waals surface area contributed by atoms with Crippen molar-refractivity contribution in [2.24, 2.45) is 10.5 Å². The third-order valence-electron chi connectivity index (χ3n) is 6.87. The Morgan fingerprint density at radius 1 is 1.21 bits per heavy atom. The first kappa shape index (κ1) is 22.6. The van der Waals surface area contributed by atoms with E-state index in [0.29, 0.717) is 17.4 Å². The fraction of sp³-hybridized carbons (Fsp3) is 0.417. The molecule has 172 valence electrons. The number of benzene rings is 2. The Balaban J connectivity index is 1.50. The smallest absolute Gasteiger partial charge is 0.407 e. The Kier molecular flexibility index (Phi) is 6.01. The summed E-state index contributed by atoms with van der Waals surface area (Å²) >= 11 is 0. The summed E-state index contributed by atoms with van der Waals surface area (Å²) in [6.07, 6.45) is -0.276. The fourth-order valence-corrected chi connectivity index (χ4v) is 5.40. The monoisotopic (exact) mass is 450 g/mol. The van der Waals surface area contributed by atoms with E-state index in [9.17, 15) is 14.7 Å². The number of carbonyl (C=O) groups is 2. The Hall–Kier alpha value is -3.55. The van der Waals surface area contributed by atoms with Crippen LogP contribution in [-0.4, -0.2) is 68.0 Å². The summed E-state index contributed by atoms with van der Waals surface area (Å²) in [6.45, 7) is 1.27. The van der Waals surface area contributed by atoms with Gasteiger partial charge in [0, 0.05) is 23.8 Å². The number of likely N-dealkylation sites (tertiary alicyclic amines) is 1. The number of rotatable bonds is 7. The van der Waals surface area contributed by atoms with Crippen molar-refractivity contribution in [3.63, 3.8) is 0 Å². The average Bonchev–Trinajstić information content (AvgIpc) is 3.29. The third-order valence-corrected chi connectivity index (χ3v) is 6.87. The van der Waals surface area contributed by atoms with Gasteiger partial charge in [-0.1, -0.05) is 53.6 Å². The zero-order chi connectivity index (χ0) is 23.6. The van der Waals surface area contributed by atoms with Gasteiger partial charge < -0.3 is 19.6 Å². The third kappa shape index (κ3) is 4.37. The number of fused-ring (bicyclic) bond motifs is 3. The highest BCUT2D eigenvalue weighted by molar-refractivity contribution is 5.82. The summed E-state index contributed by atoms with van der Waals surface area (Å²) in [6, 6.07) is 14.8. The van der Waals surface area contributed by atoms with Gasteiger partial charge in [0.05, 0.1) is 32.6 Å². The molecule has 0 unspecified atom stereocenters. The quantitative estimate of drug-likeness (QED) is 0.288. The van der Waals surface area contributed by atoms with Crippen molar-refractivity contribution in [2.75, 3.05) is 40.3 Å². The van der Waals surface area contributed by atoms with Gasteiger partial charge in [-0.15, -0.1) is 0 Å². The largest absolute Gasteiger partial charge is 0.480 e. The Morgan fingerprint density at radius 3 is 2.33 bits per heavy atom. The Morgan fingerprint density at radius 2 is 1.82 bits per heavy atom. The van der Waals surface area contributed by atoms with E-state index < -0.39 is 23.5 Å².